The number of nitrogens with one attached hydrogen (secondary N) is 1. The van der Waals surface area contributed by atoms with Crippen LogP contribution in [0.3, 0.4) is 0 Å². The lowest BCUT2D eigenvalue weighted by Gasteiger charge is -2.22. The summed E-state index contributed by atoms with van der Waals surface area (Å²) >= 11 is 5.26. The Bertz CT molecular complexity index is 661. The van der Waals surface area contributed by atoms with Crippen LogP contribution in [0.1, 0.15) is 21.6 Å². The number of likely N-dealkylation sites (N-methyl/N-ethyl adjacent to an activating group) is 1. The minimum Gasteiger partial charge on any atom is -0.339 e. The Kier molecular flexibility index (Phi) is 7.08. The fourth-order valence-electron chi connectivity index (χ4n) is 2.47. The van der Waals surface area contributed by atoms with E-state index in [2.05, 4.69) is 47.9 Å². The molecule has 25 heavy (non-hydrogen) atoms. The molecule has 0 fully saturated rings. The van der Waals surface area contributed by atoms with Crippen molar-refractivity contribution in [3.63, 3.8) is 0 Å². The van der Waals surface area contributed by atoms with E-state index in [1.807, 2.05) is 0 Å². The molecule has 0 aliphatic heterocycles. The molecule has 0 spiro atoms. The van der Waals surface area contributed by atoms with Gasteiger partial charge in [0.25, 0.3) is 0 Å². The highest BCUT2D eigenvalue weighted by molar-refractivity contribution is 9.11. The monoisotopic (exact) mass is 435 g/mol. The fourth-order valence-corrected chi connectivity index (χ4v) is 4.15. The molecular weight excluding hydrogens is 413 g/mol. The number of aryl methyl sites for hydroxylation is 1. The maximum absolute atomic E-state index is 12.7. The van der Waals surface area contributed by atoms with Gasteiger partial charge in [-0.1, -0.05) is 12.1 Å². The third-order valence-electron chi connectivity index (χ3n) is 3.90. The van der Waals surface area contributed by atoms with Gasteiger partial charge in [-0.25, -0.2) is 0 Å². The molecule has 1 heterocycles. The van der Waals surface area contributed by atoms with Gasteiger partial charge in [-0.05, 0) is 52.2 Å². The van der Waals surface area contributed by atoms with Gasteiger partial charge in [0.15, 0.2) is 0 Å². The van der Waals surface area contributed by atoms with Crippen LogP contribution >= 0.6 is 27.3 Å². The Morgan fingerprint density at radius 3 is 2.24 bits per heavy atom. The summed E-state index contributed by atoms with van der Waals surface area (Å²) in [4.78, 5) is 4.89. The molecule has 7 heteroatoms. The van der Waals surface area contributed by atoms with Crippen molar-refractivity contribution in [3.8, 4) is 0 Å². The lowest BCUT2D eigenvalue weighted by Crippen LogP contribution is -3.06. The minimum absolute atomic E-state index is 0.599. The zero-order chi connectivity index (χ0) is 18.6. The molecule has 2 rings (SSSR count). The molecule has 0 aliphatic carbocycles. The minimum atomic E-state index is -4.28. The zero-order valence-corrected chi connectivity index (χ0v) is 17.0. The van der Waals surface area contributed by atoms with Gasteiger partial charge in [0, 0.05) is 24.5 Å². The summed E-state index contributed by atoms with van der Waals surface area (Å²) < 4.78 is 39.2. The van der Waals surface area contributed by atoms with Crippen LogP contribution in [-0.4, -0.2) is 32.1 Å². The summed E-state index contributed by atoms with van der Waals surface area (Å²) in [6, 6.07) is 7.64. The van der Waals surface area contributed by atoms with E-state index in [1.165, 1.54) is 15.3 Å². The van der Waals surface area contributed by atoms with E-state index in [9.17, 15) is 13.2 Å². The molecule has 138 valence electrons. The zero-order valence-electron chi connectivity index (χ0n) is 14.6. The summed E-state index contributed by atoms with van der Waals surface area (Å²) in [6.07, 6.45) is -4.28. The van der Waals surface area contributed by atoms with Crippen molar-refractivity contribution in [2.24, 2.45) is 0 Å². The summed E-state index contributed by atoms with van der Waals surface area (Å²) in [5.41, 5.74) is 1.51. The van der Waals surface area contributed by atoms with E-state index in [0.717, 1.165) is 41.1 Å². The summed E-state index contributed by atoms with van der Waals surface area (Å²) in [6.45, 7) is 5.36. The van der Waals surface area contributed by atoms with Crippen LogP contribution < -0.4 is 4.90 Å². The number of thiophene rings is 1. The third-order valence-corrected chi connectivity index (χ3v) is 6.02. The van der Waals surface area contributed by atoms with Gasteiger partial charge >= 0.3 is 6.18 Å². The molecule has 0 saturated heterocycles. The SMILES string of the molecule is Cc1cc(CN(CC[NH+](C)C)Cc2ccc(C(F)(F)F)cc2)sc1Br. The van der Waals surface area contributed by atoms with Gasteiger partial charge in [0.05, 0.1) is 30.0 Å². The van der Waals surface area contributed by atoms with Crippen LogP contribution in [0.2, 0.25) is 0 Å². The summed E-state index contributed by atoms with van der Waals surface area (Å²) in [7, 11) is 4.20. The molecule has 0 bridgehead atoms. The third kappa shape index (κ3) is 6.40. The van der Waals surface area contributed by atoms with E-state index >= 15 is 0 Å². The Morgan fingerprint density at radius 2 is 1.76 bits per heavy atom. The maximum atomic E-state index is 12.7. The van der Waals surface area contributed by atoms with Gasteiger partial charge in [-0.15, -0.1) is 11.3 Å². The highest BCUT2D eigenvalue weighted by Gasteiger charge is 2.30. The van der Waals surface area contributed by atoms with Crippen LogP contribution in [0.15, 0.2) is 34.1 Å². The Labute approximate surface area is 159 Å². The van der Waals surface area contributed by atoms with E-state index in [4.69, 9.17) is 0 Å². The topological polar surface area (TPSA) is 7.68 Å². The second-order valence-electron chi connectivity index (χ2n) is 6.53. The molecule has 0 radical (unpaired) electrons. The molecule has 1 N–H and O–H groups in total. The molecule has 0 aliphatic rings. The average molecular weight is 436 g/mol. The largest absolute Gasteiger partial charge is 0.416 e. The van der Waals surface area contributed by atoms with Crippen molar-refractivity contribution in [3.05, 3.63) is 55.7 Å². The van der Waals surface area contributed by atoms with Gasteiger partial charge in [0.2, 0.25) is 0 Å². The van der Waals surface area contributed by atoms with Crippen molar-refractivity contribution < 1.29 is 18.1 Å². The Morgan fingerprint density at radius 1 is 1.12 bits per heavy atom. The van der Waals surface area contributed by atoms with E-state index in [1.54, 1.807) is 23.5 Å². The maximum Gasteiger partial charge on any atom is 0.416 e. The number of hydrogen-bond donors (Lipinski definition) is 1. The lowest BCUT2D eigenvalue weighted by atomic mass is 10.1. The predicted octanol–water partition coefficient (Wildman–Crippen LogP) is 3.98. The molecule has 0 amide bonds. The van der Waals surface area contributed by atoms with E-state index < -0.39 is 11.7 Å². The Hall–Kier alpha value is -0.890. The number of alkyl halides is 3. The van der Waals surface area contributed by atoms with Crippen molar-refractivity contribution in [1.29, 1.82) is 0 Å². The average Bonchev–Trinajstić information content (AvgIpc) is 2.82. The van der Waals surface area contributed by atoms with Crippen LogP contribution in [0.5, 0.6) is 0 Å². The lowest BCUT2D eigenvalue weighted by molar-refractivity contribution is -0.857. The number of hydrogen-bond acceptors (Lipinski definition) is 2. The highest BCUT2D eigenvalue weighted by atomic mass is 79.9. The number of halogens is 4. The second kappa shape index (κ2) is 8.66. The molecule has 0 saturated carbocycles. The summed E-state index contributed by atoms with van der Waals surface area (Å²) in [5, 5.41) is 0. The second-order valence-corrected chi connectivity index (χ2v) is 8.99. The van der Waals surface area contributed by atoms with Gasteiger partial charge in [-0.2, -0.15) is 13.2 Å². The molecule has 0 atom stereocenters. The fraction of sp³-hybridized carbons (Fsp3) is 0.444. The first-order chi connectivity index (χ1) is 11.6. The van der Waals surface area contributed by atoms with Gasteiger partial charge < -0.3 is 4.90 Å². The normalized spacial score (nSPS) is 12.4. The molecule has 0 unspecified atom stereocenters. The Balaban J connectivity index is 2.09. The van der Waals surface area contributed by atoms with E-state index in [-0.39, 0.29) is 0 Å². The van der Waals surface area contributed by atoms with Crippen molar-refractivity contribution in [2.75, 3.05) is 27.2 Å². The first-order valence-corrected chi connectivity index (χ1v) is 9.68. The predicted molar refractivity (Wildman–Crippen MR) is 100.0 cm³/mol. The van der Waals surface area contributed by atoms with Crippen LogP contribution in [0, 0.1) is 6.92 Å². The van der Waals surface area contributed by atoms with Gasteiger partial charge in [0.1, 0.15) is 0 Å². The molecular formula is C18H23BrF3N2S+. The van der Waals surface area contributed by atoms with Crippen molar-refractivity contribution >= 4 is 27.3 Å². The number of nitrogens with zero attached hydrogens (tertiary/aromatic N) is 1. The molecule has 2 aromatic rings. The van der Waals surface area contributed by atoms with Gasteiger partial charge in [-0.3, -0.25) is 4.90 Å². The molecule has 1 aromatic carbocycles. The van der Waals surface area contributed by atoms with E-state index in [0.29, 0.717) is 6.54 Å². The standard InChI is InChI=1S/C18H22BrF3N2S/c1-13-10-16(25-17(13)19)12-24(9-8-23(2)3)11-14-4-6-15(7-5-14)18(20,21)22/h4-7,10H,8-9,11-12H2,1-3H3/p+1. The number of quaternary nitrogens is 1. The van der Waals surface area contributed by atoms with Crippen LogP contribution in [0.25, 0.3) is 0 Å². The highest BCUT2D eigenvalue weighted by Crippen LogP contribution is 2.30. The number of benzene rings is 1. The van der Waals surface area contributed by atoms with Crippen LogP contribution in [-0.2, 0) is 19.3 Å². The first-order valence-electron chi connectivity index (χ1n) is 8.07. The smallest absolute Gasteiger partial charge is 0.339 e. The first kappa shape index (κ1) is 20.4. The summed E-state index contributed by atoms with van der Waals surface area (Å²) in [5.74, 6) is 0. The molecule has 2 nitrogen and oxygen atoms in total. The van der Waals surface area contributed by atoms with Crippen LogP contribution in [0.4, 0.5) is 13.2 Å². The quantitative estimate of drug-likeness (QED) is 0.690. The number of rotatable bonds is 7. The molecule has 1 aromatic heterocycles. The van der Waals surface area contributed by atoms with Crippen molar-refractivity contribution in [2.45, 2.75) is 26.2 Å². The van der Waals surface area contributed by atoms with Crippen molar-refractivity contribution in [1.82, 2.24) is 4.90 Å².